The van der Waals surface area contributed by atoms with Crippen LogP contribution in [0.15, 0.2) is 53.6 Å². The summed E-state index contributed by atoms with van der Waals surface area (Å²) < 4.78 is 5.35. The second kappa shape index (κ2) is 8.34. The number of nitrogens with zero attached hydrogens (tertiary/aromatic N) is 1. The van der Waals surface area contributed by atoms with Crippen LogP contribution in [0.4, 0.5) is 0 Å². The highest BCUT2D eigenvalue weighted by Gasteiger charge is 2.03. The average molecular weight is 331 g/mol. The number of carbonyl (C=O) groups excluding carboxylic acids is 1. The van der Waals surface area contributed by atoms with Crippen LogP contribution < -0.4 is 10.2 Å². The topological polar surface area (TPSA) is 50.7 Å². The van der Waals surface area contributed by atoms with Crippen LogP contribution in [0.2, 0.25) is 5.02 Å². The van der Waals surface area contributed by atoms with Gasteiger partial charge in [0.15, 0.2) is 6.61 Å². The summed E-state index contributed by atoms with van der Waals surface area (Å²) in [7, 11) is 0. The summed E-state index contributed by atoms with van der Waals surface area (Å²) in [6.07, 6.45) is 0.995. The van der Waals surface area contributed by atoms with Crippen LogP contribution in [0.1, 0.15) is 25.0 Å². The standard InChI is InChI=1S/C18H19ClN2O2/c1-3-14-4-6-15(7-5-14)13(2)20-21-18(22)12-23-17-10-8-16(19)9-11-17/h4-11H,3,12H2,1-2H3,(H,21,22)/b20-13+. The van der Waals surface area contributed by atoms with Gasteiger partial charge in [0, 0.05) is 5.02 Å². The molecule has 0 aromatic heterocycles. The van der Waals surface area contributed by atoms with Crippen molar-refractivity contribution in [1.29, 1.82) is 0 Å². The van der Waals surface area contributed by atoms with Crippen molar-refractivity contribution in [3.63, 3.8) is 0 Å². The smallest absolute Gasteiger partial charge is 0.277 e. The van der Waals surface area contributed by atoms with Gasteiger partial charge in [0.2, 0.25) is 0 Å². The zero-order valence-corrected chi connectivity index (χ0v) is 13.9. The molecule has 0 radical (unpaired) electrons. The maximum atomic E-state index is 11.8. The summed E-state index contributed by atoms with van der Waals surface area (Å²) in [5.41, 5.74) is 5.47. The van der Waals surface area contributed by atoms with Crippen molar-refractivity contribution in [1.82, 2.24) is 5.43 Å². The van der Waals surface area contributed by atoms with E-state index in [9.17, 15) is 4.79 Å². The third-order valence-electron chi connectivity index (χ3n) is 3.31. The van der Waals surface area contributed by atoms with Crippen molar-refractivity contribution >= 4 is 23.2 Å². The third-order valence-corrected chi connectivity index (χ3v) is 3.56. The van der Waals surface area contributed by atoms with E-state index in [1.54, 1.807) is 24.3 Å². The molecule has 2 aromatic carbocycles. The van der Waals surface area contributed by atoms with E-state index in [-0.39, 0.29) is 12.5 Å². The number of amides is 1. The first-order chi connectivity index (χ1) is 11.1. The molecule has 0 saturated heterocycles. The van der Waals surface area contributed by atoms with E-state index >= 15 is 0 Å². The van der Waals surface area contributed by atoms with Gasteiger partial charge in [-0.1, -0.05) is 42.8 Å². The molecule has 0 unspecified atom stereocenters. The first kappa shape index (κ1) is 17.0. The Bertz CT molecular complexity index is 679. The van der Waals surface area contributed by atoms with Gasteiger partial charge in [-0.25, -0.2) is 5.43 Å². The molecule has 0 atom stereocenters. The van der Waals surface area contributed by atoms with Gasteiger partial charge in [0.25, 0.3) is 5.91 Å². The Balaban J connectivity index is 1.85. The number of halogens is 1. The second-order valence-electron chi connectivity index (χ2n) is 5.03. The first-order valence-corrected chi connectivity index (χ1v) is 7.77. The number of hydrogen-bond donors (Lipinski definition) is 1. The van der Waals surface area contributed by atoms with Crippen LogP contribution in [-0.2, 0) is 11.2 Å². The zero-order chi connectivity index (χ0) is 16.7. The minimum atomic E-state index is -0.315. The van der Waals surface area contributed by atoms with Gasteiger partial charge < -0.3 is 4.74 Å². The van der Waals surface area contributed by atoms with Crippen LogP contribution in [0.3, 0.4) is 0 Å². The lowest BCUT2D eigenvalue weighted by Crippen LogP contribution is -2.25. The number of nitrogens with one attached hydrogen (secondary N) is 1. The molecule has 0 fully saturated rings. The Kier molecular flexibility index (Phi) is 6.18. The molecular formula is C18H19ClN2O2. The molecular weight excluding hydrogens is 312 g/mol. The summed E-state index contributed by atoms with van der Waals surface area (Å²) in [5, 5.41) is 4.71. The van der Waals surface area contributed by atoms with Gasteiger partial charge in [0.1, 0.15) is 5.75 Å². The molecule has 0 bridgehead atoms. The van der Waals surface area contributed by atoms with Crippen molar-refractivity contribution < 1.29 is 9.53 Å². The van der Waals surface area contributed by atoms with Crippen LogP contribution in [0.5, 0.6) is 5.75 Å². The molecule has 0 aliphatic heterocycles. The summed E-state index contributed by atoms with van der Waals surface area (Å²) in [5.74, 6) is 0.268. The molecule has 1 amide bonds. The lowest BCUT2D eigenvalue weighted by molar-refractivity contribution is -0.123. The maximum absolute atomic E-state index is 11.8. The van der Waals surface area contributed by atoms with Crippen LogP contribution in [0.25, 0.3) is 0 Å². The number of rotatable bonds is 6. The van der Waals surface area contributed by atoms with Gasteiger partial charge in [-0.05, 0) is 48.7 Å². The Hall–Kier alpha value is -2.33. The molecule has 0 saturated carbocycles. The second-order valence-corrected chi connectivity index (χ2v) is 5.46. The van der Waals surface area contributed by atoms with Crippen molar-refractivity contribution in [2.24, 2.45) is 5.10 Å². The average Bonchev–Trinajstić information content (AvgIpc) is 2.59. The normalized spacial score (nSPS) is 11.2. The molecule has 0 heterocycles. The molecule has 120 valence electrons. The predicted octanol–water partition coefficient (Wildman–Crippen LogP) is 3.82. The summed E-state index contributed by atoms with van der Waals surface area (Å²) in [4.78, 5) is 11.8. The van der Waals surface area contributed by atoms with Gasteiger partial charge in [-0.2, -0.15) is 5.10 Å². The van der Waals surface area contributed by atoms with E-state index < -0.39 is 0 Å². The molecule has 2 aromatic rings. The van der Waals surface area contributed by atoms with Gasteiger partial charge in [-0.15, -0.1) is 0 Å². The third kappa shape index (κ3) is 5.42. The minimum absolute atomic E-state index is 0.104. The fourth-order valence-electron chi connectivity index (χ4n) is 1.90. The minimum Gasteiger partial charge on any atom is -0.484 e. The number of ether oxygens (including phenoxy) is 1. The molecule has 5 heteroatoms. The van der Waals surface area contributed by atoms with Crippen molar-refractivity contribution in [3.05, 3.63) is 64.7 Å². The number of benzene rings is 2. The molecule has 1 N–H and O–H groups in total. The SMILES string of the molecule is CCc1ccc(/C(C)=N/NC(=O)COc2ccc(Cl)cc2)cc1. The fraction of sp³-hybridized carbons (Fsp3) is 0.222. The van der Waals surface area contributed by atoms with Crippen molar-refractivity contribution in [3.8, 4) is 5.75 Å². The lowest BCUT2D eigenvalue weighted by atomic mass is 10.1. The van der Waals surface area contributed by atoms with Crippen LogP contribution >= 0.6 is 11.6 Å². The number of hydrogen-bond acceptors (Lipinski definition) is 3. The Morgan fingerprint density at radius 3 is 2.39 bits per heavy atom. The summed E-state index contributed by atoms with van der Waals surface area (Å²) in [6, 6.07) is 14.9. The van der Waals surface area contributed by atoms with E-state index in [0.29, 0.717) is 10.8 Å². The highest BCUT2D eigenvalue weighted by Crippen LogP contribution is 2.15. The predicted molar refractivity (Wildman–Crippen MR) is 93.1 cm³/mol. The molecule has 4 nitrogen and oxygen atoms in total. The monoisotopic (exact) mass is 330 g/mol. The quantitative estimate of drug-likeness (QED) is 0.646. The Morgan fingerprint density at radius 2 is 1.78 bits per heavy atom. The molecule has 0 aliphatic rings. The Labute approximate surface area is 141 Å². The van der Waals surface area contributed by atoms with Crippen molar-refractivity contribution in [2.45, 2.75) is 20.3 Å². The molecule has 0 aliphatic carbocycles. The maximum Gasteiger partial charge on any atom is 0.277 e. The summed E-state index contributed by atoms with van der Waals surface area (Å²) in [6.45, 7) is 3.85. The lowest BCUT2D eigenvalue weighted by Gasteiger charge is -2.06. The molecule has 23 heavy (non-hydrogen) atoms. The van der Waals surface area contributed by atoms with Gasteiger partial charge in [0.05, 0.1) is 5.71 Å². The molecule has 0 spiro atoms. The van der Waals surface area contributed by atoms with Crippen LogP contribution in [0, 0.1) is 0 Å². The highest BCUT2D eigenvalue weighted by molar-refractivity contribution is 6.30. The van der Waals surface area contributed by atoms with E-state index in [1.807, 2.05) is 19.1 Å². The van der Waals surface area contributed by atoms with E-state index in [4.69, 9.17) is 16.3 Å². The van der Waals surface area contributed by atoms with Crippen LogP contribution in [-0.4, -0.2) is 18.2 Å². The van der Waals surface area contributed by atoms with Gasteiger partial charge in [-0.3, -0.25) is 4.79 Å². The largest absolute Gasteiger partial charge is 0.484 e. The highest BCUT2D eigenvalue weighted by atomic mass is 35.5. The number of hydrazone groups is 1. The number of carbonyl (C=O) groups is 1. The summed E-state index contributed by atoms with van der Waals surface area (Å²) >= 11 is 5.78. The molecule has 2 rings (SSSR count). The first-order valence-electron chi connectivity index (χ1n) is 7.39. The number of aryl methyl sites for hydroxylation is 1. The van der Waals surface area contributed by atoms with E-state index in [1.165, 1.54) is 5.56 Å². The van der Waals surface area contributed by atoms with Gasteiger partial charge >= 0.3 is 0 Å². The van der Waals surface area contributed by atoms with Crippen molar-refractivity contribution in [2.75, 3.05) is 6.61 Å². The van der Waals surface area contributed by atoms with E-state index in [2.05, 4.69) is 29.6 Å². The Morgan fingerprint density at radius 1 is 1.13 bits per heavy atom. The van der Waals surface area contributed by atoms with E-state index in [0.717, 1.165) is 17.7 Å². The fourth-order valence-corrected chi connectivity index (χ4v) is 2.03. The zero-order valence-electron chi connectivity index (χ0n) is 13.2.